The molecule has 1 rings (SSSR count). The molecule has 0 saturated carbocycles. The van der Waals surface area contributed by atoms with Crippen molar-refractivity contribution in [2.45, 2.75) is 45.6 Å². The van der Waals surface area contributed by atoms with E-state index in [2.05, 4.69) is 17.3 Å². The van der Waals surface area contributed by atoms with E-state index in [-0.39, 0.29) is 11.8 Å². The average Bonchev–Trinajstić information content (AvgIpc) is 2.39. The molecule has 1 aromatic carbocycles. The lowest BCUT2D eigenvalue weighted by Crippen LogP contribution is -2.21. The number of esters is 1. The van der Waals surface area contributed by atoms with Crippen LogP contribution in [0.5, 0.6) is 0 Å². The van der Waals surface area contributed by atoms with Crippen molar-refractivity contribution in [2.24, 2.45) is 5.16 Å². The Balaban J connectivity index is 2.29. The smallest absolute Gasteiger partial charge is 0.356 e. The maximum absolute atomic E-state index is 11.5. The normalized spacial score (nSPS) is 11.6. The van der Waals surface area contributed by atoms with Gasteiger partial charge in [-0.15, -0.1) is 0 Å². The Kier molecular flexibility index (Phi) is 6.64. The molecule has 4 nitrogen and oxygen atoms in total. The van der Waals surface area contributed by atoms with Crippen molar-refractivity contribution in [1.82, 2.24) is 0 Å². The third-order valence-corrected chi connectivity index (χ3v) is 2.67. The quantitative estimate of drug-likeness (QED) is 0.270. The first-order valence-electron chi connectivity index (χ1n) is 6.59. The summed E-state index contributed by atoms with van der Waals surface area (Å²) in [7, 11) is 0. The van der Waals surface area contributed by atoms with Gasteiger partial charge in [0.2, 0.25) is 0 Å². The predicted molar refractivity (Wildman–Crippen MR) is 74.4 cm³/mol. The van der Waals surface area contributed by atoms with Gasteiger partial charge < -0.3 is 9.94 Å². The molecule has 0 bridgehead atoms. The van der Waals surface area contributed by atoms with Crippen molar-refractivity contribution in [3.05, 3.63) is 35.9 Å². The minimum absolute atomic E-state index is 0.0989. The summed E-state index contributed by atoms with van der Waals surface area (Å²) in [5, 5.41) is 11.8. The molecule has 0 fully saturated rings. The summed E-state index contributed by atoms with van der Waals surface area (Å²) < 4.78 is 4.99. The highest BCUT2D eigenvalue weighted by atomic mass is 16.5. The molecule has 0 aliphatic heterocycles. The van der Waals surface area contributed by atoms with E-state index in [1.54, 1.807) is 13.8 Å². The fourth-order valence-corrected chi connectivity index (χ4v) is 1.74. The number of nitrogens with zero attached hydrogens (tertiary/aromatic N) is 1. The van der Waals surface area contributed by atoms with Crippen LogP contribution in [-0.4, -0.2) is 23.0 Å². The molecule has 19 heavy (non-hydrogen) atoms. The van der Waals surface area contributed by atoms with E-state index in [0.29, 0.717) is 6.42 Å². The van der Waals surface area contributed by atoms with Crippen molar-refractivity contribution in [3.63, 3.8) is 0 Å². The van der Waals surface area contributed by atoms with Crippen LogP contribution in [0.1, 0.15) is 38.7 Å². The molecule has 0 amide bonds. The SMILES string of the molecule is CC(C)OC(=O)C(CCCCc1ccccc1)=NO. The standard InChI is InChI=1S/C15H21NO3/c1-12(2)19-15(17)14(16-18)11-7-6-10-13-8-4-3-5-9-13/h3-5,8-9,12,18H,6-7,10-11H2,1-2H3. The van der Waals surface area contributed by atoms with E-state index < -0.39 is 5.97 Å². The average molecular weight is 263 g/mol. The number of ether oxygens (including phenoxy) is 1. The number of rotatable bonds is 7. The van der Waals surface area contributed by atoms with Crippen molar-refractivity contribution in [2.75, 3.05) is 0 Å². The molecule has 0 saturated heterocycles. The Morgan fingerprint density at radius 1 is 1.26 bits per heavy atom. The number of hydrogen-bond acceptors (Lipinski definition) is 4. The maximum atomic E-state index is 11.5. The molecule has 0 aliphatic carbocycles. The molecule has 1 N–H and O–H groups in total. The zero-order valence-electron chi connectivity index (χ0n) is 11.5. The Bertz CT molecular complexity index is 413. The highest BCUT2D eigenvalue weighted by Crippen LogP contribution is 2.07. The van der Waals surface area contributed by atoms with Crippen LogP contribution in [0.4, 0.5) is 0 Å². The van der Waals surface area contributed by atoms with Crippen LogP contribution in [0.2, 0.25) is 0 Å². The molecule has 0 unspecified atom stereocenters. The summed E-state index contributed by atoms with van der Waals surface area (Å²) in [6.07, 6.45) is 2.93. The second-order valence-electron chi connectivity index (χ2n) is 4.69. The van der Waals surface area contributed by atoms with Crippen molar-refractivity contribution < 1.29 is 14.7 Å². The van der Waals surface area contributed by atoms with Crippen LogP contribution >= 0.6 is 0 Å². The fourth-order valence-electron chi connectivity index (χ4n) is 1.74. The Hall–Kier alpha value is -1.84. The summed E-state index contributed by atoms with van der Waals surface area (Å²) in [5.74, 6) is -0.530. The Labute approximate surface area is 114 Å². The van der Waals surface area contributed by atoms with Crippen molar-refractivity contribution in [1.29, 1.82) is 0 Å². The Morgan fingerprint density at radius 3 is 2.53 bits per heavy atom. The third-order valence-electron chi connectivity index (χ3n) is 2.67. The minimum atomic E-state index is -0.530. The molecular weight excluding hydrogens is 242 g/mol. The molecule has 0 heterocycles. The number of benzene rings is 1. The topological polar surface area (TPSA) is 58.9 Å². The van der Waals surface area contributed by atoms with Crippen LogP contribution in [0.25, 0.3) is 0 Å². The summed E-state index contributed by atoms with van der Waals surface area (Å²) in [4.78, 5) is 11.5. The van der Waals surface area contributed by atoms with Crippen LogP contribution in [0.15, 0.2) is 35.5 Å². The van der Waals surface area contributed by atoms with Crippen LogP contribution < -0.4 is 0 Å². The third kappa shape index (κ3) is 6.04. The number of carbonyl (C=O) groups is 1. The summed E-state index contributed by atoms with van der Waals surface area (Å²) in [6.45, 7) is 3.53. The van der Waals surface area contributed by atoms with Gasteiger partial charge in [-0.25, -0.2) is 4.79 Å². The summed E-state index contributed by atoms with van der Waals surface area (Å²) in [6, 6.07) is 10.2. The molecule has 0 spiro atoms. The molecule has 0 aliphatic rings. The van der Waals surface area contributed by atoms with Gasteiger partial charge >= 0.3 is 5.97 Å². The van der Waals surface area contributed by atoms with Gasteiger partial charge in [-0.2, -0.15) is 0 Å². The van der Waals surface area contributed by atoms with Gasteiger partial charge in [0, 0.05) is 6.42 Å². The van der Waals surface area contributed by atoms with Gasteiger partial charge in [0.05, 0.1) is 6.10 Å². The van der Waals surface area contributed by atoms with E-state index in [1.807, 2.05) is 18.2 Å². The number of oxime groups is 1. The van der Waals surface area contributed by atoms with Gasteiger partial charge in [0.1, 0.15) is 0 Å². The zero-order valence-corrected chi connectivity index (χ0v) is 11.5. The second-order valence-corrected chi connectivity index (χ2v) is 4.69. The molecular formula is C15H21NO3. The largest absolute Gasteiger partial charge is 0.458 e. The molecule has 1 aromatic rings. The highest BCUT2D eigenvalue weighted by Gasteiger charge is 2.14. The van der Waals surface area contributed by atoms with E-state index in [1.165, 1.54) is 5.56 Å². The lowest BCUT2D eigenvalue weighted by molar-refractivity contribution is -0.139. The van der Waals surface area contributed by atoms with E-state index in [9.17, 15) is 4.79 Å². The Morgan fingerprint density at radius 2 is 1.95 bits per heavy atom. The van der Waals surface area contributed by atoms with Gasteiger partial charge in [-0.05, 0) is 38.7 Å². The lowest BCUT2D eigenvalue weighted by Gasteiger charge is -2.08. The molecule has 4 heteroatoms. The first-order chi connectivity index (χ1) is 9.13. The van der Waals surface area contributed by atoms with E-state index in [0.717, 1.165) is 19.3 Å². The maximum Gasteiger partial charge on any atom is 0.356 e. The van der Waals surface area contributed by atoms with Crippen LogP contribution in [-0.2, 0) is 16.0 Å². The van der Waals surface area contributed by atoms with Crippen molar-refractivity contribution in [3.8, 4) is 0 Å². The molecule has 104 valence electrons. The minimum Gasteiger partial charge on any atom is -0.458 e. The number of unbranched alkanes of at least 4 members (excludes halogenated alkanes) is 1. The van der Waals surface area contributed by atoms with E-state index in [4.69, 9.17) is 9.94 Å². The summed E-state index contributed by atoms with van der Waals surface area (Å²) in [5.41, 5.74) is 1.37. The van der Waals surface area contributed by atoms with Gasteiger partial charge in [0.15, 0.2) is 5.71 Å². The number of hydrogen-bond donors (Lipinski definition) is 1. The van der Waals surface area contributed by atoms with Crippen LogP contribution in [0.3, 0.4) is 0 Å². The van der Waals surface area contributed by atoms with Gasteiger partial charge in [-0.1, -0.05) is 35.5 Å². The first kappa shape index (κ1) is 15.2. The van der Waals surface area contributed by atoms with Crippen LogP contribution in [0, 0.1) is 0 Å². The molecule has 0 radical (unpaired) electrons. The molecule has 0 atom stereocenters. The number of aryl methyl sites for hydroxylation is 1. The van der Waals surface area contributed by atoms with Crippen molar-refractivity contribution >= 4 is 11.7 Å². The predicted octanol–water partition coefficient (Wildman–Crippen LogP) is 3.18. The van der Waals surface area contributed by atoms with Gasteiger partial charge in [0.25, 0.3) is 0 Å². The van der Waals surface area contributed by atoms with Gasteiger partial charge in [-0.3, -0.25) is 0 Å². The van der Waals surface area contributed by atoms with E-state index >= 15 is 0 Å². The zero-order chi connectivity index (χ0) is 14.1. The first-order valence-corrected chi connectivity index (χ1v) is 6.59. The second kappa shape index (κ2) is 8.29. The fraction of sp³-hybridized carbons (Fsp3) is 0.467. The molecule has 0 aromatic heterocycles. The lowest BCUT2D eigenvalue weighted by atomic mass is 10.1. The summed E-state index contributed by atoms with van der Waals surface area (Å²) >= 11 is 0. The highest BCUT2D eigenvalue weighted by molar-refractivity contribution is 6.36. The number of carbonyl (C=O) groups excluding carboxylic acids is 1. The monoisotopic (exact) mass is 263 g/mol.